The molecule has 0 unspecified atom stereocenters. The highest BCUT2D eigenvalue weighted by Gasteiger charge is 2.23. The third-order valence-corrected chi connectivity index (χ3v) is 2.23. The Kier molecular flexibility index (Phi) is 3.95. The lowest BCUT2D eigenvalue weighted by atomic mass is 10.2. The van der Waals surface area contributed by atoms with E-state index >= 15 is 0 Å². The normalized spacial score (nSPS) is 11.8. The first kappa shape index (κ1) is 12.1. The highest BCUT2D eigenvalue weighted by molar-refractivity contribution is 7.07. The molecule has 1 atom stereocenters. The van der Waals surface area contributed by atoms with E-state index in [1.54, 1.807) is 0 Å². The average Bonchev–Trinajstić information content (AvgIpc) is 2.68. The van der Waals surface area contributed by atoms with Crippen LogP contribution in [0.1, 0.15) is 16.9 Å². The summed E-state index contributed by atoms with van der Waals surface area (Å²) in [6, 6.07) is -1.45. The molecule has 0 aromatic carbocycles. The molecule has 0 fully saturated rings. The van der Waals surface area contributed by atoms with Crippen molar-refractivity contribution in [3.8, 4) is 0 Å². The van der Waals surface area contributed by atoms with Gasteiger partial charge < -0.3 is 15.5 Å². The highest BCUT2D eigenvalue weighted by Crippen LogP contribution is 2.02. The standard InChI is InChI=1S/C8H8N2O5S/c11-6(12)1-4(8(14)15)10-7(13)5-2-16-3-9-5/h2-4H,1H2,(H,10,13)(H,11,12)(H,14,15)/t4-/m1/s1. The Morgan fingerprint density at radius 3 is 2.56 bits per heavy atom. The van der Waals surface area contributed by atoms with Crippen molar-refractivity contribution < 1.29 is 24.6 Å². The molecule has 0 aliphatic heterocycles. The zero-order valence-corrected chi connectivity index (χ0v) is 8.73. The third-order valence-electron chi connectivity index (χ3n) is 1.65. The summed E-state index contributed by atoms with van der Waals surface area (Å²) in [5, 5.41) is 20.6. The minimum absolute atomic E-state index is 0.0710. The molecule has 7 nitrogen and oxygen atoms in total. The number of nitrogens with zero attached hydrogens (tertiary/aromatic N) is 1. The summed E-state index contributed by atoms with van der Waals surface area (Å²) in [6.45, 7) is 0. The fourth-order valence-electron chi connectivity index (χ4n) is 0.932. The van der Waals surface area contributed by atoms with E-state index in [9.17, 15) is 14.4 Å². The van der Waals surface area contributed by atoms with E-state index in [-0.39, 0.29) is 5.69 Å². The van der Waals surface area contributed by atoms with Crippen LogP contribution in [0, 0.1) is 0 Å². The van der Waals surface area contributed by atoms with E-state index in [0.29, 0.717) is 0 Å². The molecule has 0 bridgehead atoms. The molecule has 0 radical (unpaired) electrons. The Balaban J connectivity index is 2.65. The second-order valence-electron chi connectivity index (χ2n) is 2.84. The summed E-state index contributed by atoms with van der Waals surface area (Å²) in [6.07, 6.45) is -0.675. The van der Waals surface area contributed by atoms with Crippen LogP contribution in [0.2, 0.25) is 0 Å². The van der Waals surface area contributed by atoms with E-state index in [1.165, 1.54) is 22.2 Å². The summed E-state index contributed by atoms with van der Waals surface area (Å²) in [5.74, 6) is -3.40. The molecule has 1 rings (SSSR count). The number of carbonyl (C=O) groups is 3. The van der Waals surface area contributed by atoms with Gasteiger partial charge in [-0.2, -0.15) is 0 Å². The van der Waals surface area contributed by atoms with Gasteiger partial charge in [-0.25, -0.2) is 9.78 Å². The number of nitrogens with one attached hydrogen (secondary N) is 1. The number of aliphatic carboxylic acids is 2. The summed E-state index contributed by atoms with van der Waals surface area (Å²) in [5.41, 5.74) is 1.49. The molecule has 8 heteroatoms. The van der Waals surface area contributed by atoms with E-state index in [4.69, 9.17) is 10.2 Å². The number of hydrogen-bond donors (Lipinski definition) is 3. The minimum atomic E-state index is -1.45. The predicted octanol–water partition coefficient (Wildman–Crippen LogP) is -0.199. The van der Waals surface area contributed by atoms with Gasteiger partial charge in [0.1, 0.15) is 11.7 Å². The van der Waals surface area contributed by atoms with E-state index < -0.39 is 30.3 Å². The number of carboxylic acid groups (broad SMARTS) is 2. The number of rotatable bonds is 5. The van der Waals surface area contributed by atoms with Crippen LogP contribution in [0.3, 0.4) is 0 Å². The van der Waals surface area contributed by atoms with Crippen molar-refractivity contribution in [3.63, 3.8) is 0 Å². The van der Waals surface area contributed by atoms with Gasteiger partial charge in [-0.05, 0) is 0 Å². The van der Waals surface area contributed by atoms with Crippen molar-refractivity contribution in [2.45, 2.75) is 12.5 Å². The molecule has 16 heavy (non-hydrogen) atoms. The molecule has 86 valence electrons. The first-order valence-corrected chi connectivity index (χ1v) is 5.08. The number of amides is 1. The van der Waals surface area contributed by atoms with Gasteiger partial charge in [-0.1, -0.05) is 0 Å². The van der Waals surface area contributed by atoms with E-state index in [0.717, 1.165) is 0 Å². The highest BCUT2D eigenvalue weighted by atomic mass is 32.1. The fourth-order valence-corrected chi connectivity index (χ4v) is 1.46. The van der Waals surface area contributed by atoms with Crippen LogP contribution < -0.4 is 5.32 Å². The molecular formula is C8H8N2O5S. The van der Waals surface area contributed by atoms with E-state index in [2.05, 4.69) is 10.3 Å². The molecule has 0 spiro atoms. The maximum atomic E-state index is 11.4. The zero-order chi connectivity index (χ0) is 12.1. The average molecular weight is 244 g/mol. The van der Waals surface area contributed by atoms with Crippen LogP contribution in [-0.2, 0) is 9.59 Å². The van der Waals surface area contributed by atoms with Crippen LogP contribution in [0.5, 0.6) is 0 Å². The maximum absolute atomic E-state index is 11.4. The molecule has 1 aromatic rings. The lowest BCUT2D eigenvalue weighted by Gasteiger charge is -2.10. The predicted molar refractivity (Wildman–Crippen MR) is 53.3 cm³/mol. The molecule has 0 aliphatic rings. The van der Waals surface area contributed by atoms with Crippen LogP contribution in [0.25, 0.3) is 0 Å². The molecule has 0 saturated carbocycles. The van der Waals surface area contributed by atoms with Gasteiger partial charge in [0.15, 0.2) is 0 Å². The Morgan fingerprint density at radius 2 is 2.12 bits per heavy atom. The first-order valence-electron chi connectivity index (χ1n) is 4.14. The topological polar surface area (TPSA) is 117 Å². The van der Waals surface area contributed by atoms with Gasteiger partial charge in [0.25, 0.3) is 5.91 Å². The van der Waals surface area contributed by atoms with Gasteiger partial charge in [-0.3, -0.25) is 9.59 Å². The molecular weight excluding hydrogens is 236 g/mol. The molecule has 1 aromatic heterocycles. The summed E-state index contributed by atoms with van der Waals surface area (Å²) in [7, 11) is 0. The SMILES string of the molecule is O=C(O)C[C@@H](NC(=O)c1cscn1)C(=O)O. The summed E-state index contributed by atoms with van der Waals surface area (Å²) >= 11 is 1.18. The van der Waals surface area contributed by atoms with E-state index in [1.807, 2.05) is 0 Å². The van der Waals surface area contributed by atoms with Crippen molar-refractivity contribution >= 4 is 29.2 Å². The van der Waals surface area contributed by atoms with Gasteiger partial charge in [0.05, 0.1) is 11.9 Å². The fraction of sp³-hybridized carbons (Fsp3) is 0.250. The smallest absolute Gasteiger partial charge is 0.326 e. The van der Waals surface area contributed by atoms with Crippen LogP contribution in [-0.4, -0.2) is 39.1 Å². The Bertz CT molecular complexity index is 403. The Labute approximate surface area is 93.7 Å². The van der Waals surface area contributed by atoms with Crippen molar-refractivity contribution in [2.75, 3.05) is 0 Å². The quantitative estimate of drug-likeness (QED) is 0.660. The third kappa shape index (κ3) is 3.31. The van der Waals surface area contributed by atoms with Gasteiger partial charge in [0.2, 0.25) is 0 Å². The van der Waals surface area contributed by atoms with Crippen molar-refractivity contribution in [1.82, 2.24) is 10.3 Å². The lowest BCUT2D eigenvalue weighted by Crippen LogP contribution is -2.42. The minimum Gasteiger partial charge on any atom is -0.481 e. The maximum Gasteiger partial charge on any atom is 0.326 e. The Morgan fingerprint density at radius 1 is 1.44 bits per heavy atom. The monoisotopic (exact) mass is 244 g/mol. The number of carbonyl (C=O) groups excluding carboxylic acids is 1. The molecule has 0 aliphatic carbocycles. The van der Waals surface area contributed by atoms with Crippen LogP contribution in [0.15, 0.2) is 10.9 Å². The van der Waals surface area contributed by atoms with Crippen molar-refractivity contribution in [2.24, 2.45) is 0 Å². The lowest BCUT2D eigenvalue weighted by molar-refractivity contribution is -0.145. The van der Waals surface area contributed by atoms with Crippen LogP contribution in [0.4, 0.5) is 0 Å². The molecule has 1 heterocycles. The molecule has 3 N–H and O–H groups in total. The number of hydrogen-bond acceptors (Lipinski definition) is 5. The number of carboxylic acids is 2. The molecule has 1 amide bonds. The summed E-state index contributed by atoms with van der Waals surface area (Å²) in [4.78, 5) is 36.1. The zero-order valence-electron chi connectivity index (χ0n) is 7.91. The summed E-state index contributed by atoms with van der Waals surface area (Å²) < 4.78 is 0. The molecule has 0 saturated heterocycles. The largest absolute Gasteiger partial charge is 0.481 e. The van der Waals surface area contributed by atoms with Gasteiger partial charge in [-0.15, -0.1) is 11.3 Å². The van der Waals surface area contributed by atoms with Gasteiger partial charge in [0, 0.05) is 5.38 Å². The number of aromatic nitrogens is 1. The Hall–Kier alpha value is -1.96. The second kappa shape index (κ2) is 5.21. The van der Waals surface area contributed by atoms with Crippen LogP contribution >= 0.6 is 11.3 Å². The first-order chi connectivity index (χ1) is 7.50. The second-order valence-corrected chi connectivity index (χ2v) is 3.55. The van der Waals surface area contributed by atoms with Crippen molar-refractivity contribution in [1.29, 1.82) is 0 Å². The van der Waals surface area contributed by atoms with Gasteiger partial charge >= 0.3 is 11.9 Å². The number of thiazole rings is 1. The van der Waals surface area contributed by atoms with Crippen molar-refractivity contribution in [3.05, 3.63) is 16.6 Å².